The number of anilines is 1. The van der Waals surface area contributed by atoms with Crippen LogP contribution in [0, 0.1) is 6.92 Å². The third kappa shape index (κ3) is 2.78. The number of nitrogens with zero attached hydrogens (tertiary/aromatic N) is 3. The largest absolute Gasteiger partial charge is 0.481 e. The van der Waals surface area contributed by atoms with Gasteiger partial charge in [0.05, 0.1) is 37.4 Å². The minimum atomic E-state index is 0.598. The fraction of sp³-hybridized carbons (Fsp3) is 0.385. The van der Waals surface area contributed by atoms with Gasteiger partial charge in [-0.05, 0) is 13.0 Å². The summed E-state index contributed by atoms with van der Waals surface area (Å²) in [6, 6.07) is 3.74. The molecule has 0 saturated carbocycles. The summed E-state index contributed by atoms with van der Waals surface area (Å²) in [7, 11) is 5.11. The standard InChI is InChI=1S/C13H18N4O2/c1-9-11(13(19-4)17(2)16-9)8-14-10-5-6-12(18-3)15-7-10/h5-7,14H,8H2,1-4H3. The van der Waals surface area contributed by atoms with Crippen LogP contribution < -0.4 is 14.8 Å². The Morgan fingerprint density at radius 1 is 1.26 bits per heavy atom. The van der Waals surface area contributed by atoms with Crippen LogP contribution in [0.1, 0.15) is 11.3 Å². The zero-order chi connectivity index (χ0) is 13.8. The Morgan fingerprint density at radius 2 is 2.05 bits per heavy atom. The van der Waals surface area contributed by atoms with Crippen molar-refractivity contribution in [2.75, 3.05) is 19.5 Å². The van der Waals surface area contributed by atoms with Gasteiger partial charge in [-0.1, -0.05) is 0 Å². The minimum absolute atomic E-state index is 0.598. The third-order valence-electron chi connectivity index (χ3n) is 2.90. The van der Waals surface area contributed by atoms with Crippen molar-refractivity contribution in [1.29, 1.82) is 0 Å². The highest BCUT2D eigenvalue weighted by Crippen LogP contribution is 2.22. The Morgan fingerprint density at radius 3 is 2.63 bits per heavy atom. The van der Waals surface area contributed by atoms with E-state index in [9.17, 15) is 0 Å². The summed E-state index contributed by atoms with van der Waals surface area (Å²) < 4.78 is 12.1. The number of rotatable bonds is 5. The molecular formula is C13H18N4O2. The summed E-state index contributed by atoms with van der Waals surface area (Å²) in [6.45, 7) is 2.60. The van der Waals surface area contributed by atoms with Crippen LogP contribution in [0.25, 0.3) is 0 Å². The Hall–Kier alpha value is -2.24. The minimum Gasteiger partial charge on any atom is -0.481 e. The number of aryl methyl sites for hydroxylation is 2. The average Bonchev–Trinajstić information content (AvgIpc) is 2.70. The topological polar surface area (TPSA) is 61.2 Å². The summed E-state index contributed by atoms with van der Waals surface area (Å²) in [6.07, 6.45) is 1.73. The van der Waals surface area contributed by atoms with Crippen molar-refractivity contribution in [2.45, 2.75) is 13.5 Å². The maximum Gasteiger partial charge on any atom is 0.216 e. The van der Waals surface area contributed by atoms with Crippen molar-refractivity contribution in [3.8, 4) is 11.8 Å². The molecule has 0 aliphatic rings. The van der Waals surface area contributed by atoms with Gasteiger partial charge < -0.3 is 14.8 Å². The van der Waals surface area contributed by atoms with Crippen LogP contribution in [0.15, 0.2) is 18.3 Å². The zero-order valence-corrected chi connectivity index (χ0v) is 11.6. The first kappa shape index (κ1) is 13.2. The molecule has 102 valence electrons. The number of nitrogens with one attached hydrogen (secondary N) is 1. The van der Waals surface area contributed by atoms with Gasteiger partial charge in [0, 0.05) is 19.7 Å². The van der Waals surface area contributed by atoms with E-state index in [0.717, 1.165) is 22.8 Å². The molecular weight excluding hydrogens is 244 g/mol. The summed E-state index contributed by atoms with van der Waals surface area (Å²) in [5.74, 6) is 1.37. The van der Waals surface area contributed by atoms with E-state index in [1.165, 1.54) is 0 Å². The normalized spacial score (nSPS) is 10.3. The van der Waals surface area contributed by atoms with E-state index < -0.39 is 0 Å². The van der Waals surface area contributed by atoms with Crippen LogP contribution >= 0.6 is 0 Å². The van der Waals surface area contributed by atoms with Crippen molar-refractivity contribution in [3.05, 3.63) is 29.6 Å². The summed E-state index contributed by atoms with van der Waals surface area (Å²) >= 11 is 0. The lowest BCUT2D eigenvalue weighted by Gasteiger charge is -2.08. The predicted molar refractivity (Wildman–Crippen MR) is 72.6 cm³/mol. The molecule has 0 saturated heterocycles. The van der Waals surface area contributed by atoms with Crippen LogP contribution in [0.4, 0.5) is 5.69 Å². The Bertz CT molecular complexity index is 549. The van der Waals surface area contributed by atoms with Gasteiger partial charge in [0.15, 0.2) is 0 Å². The fourth-order valence-corrected chi connectivity index (χ4v) is 1.94. The van der Waals surface area contributed by atoms with Crippen LogP contribution in [0.2, 0.25) is 0 Å². The highest BCUT2D eigenvalue weighted by molar-refractivity contribution is 5.44. The Kier molecular flexibility index (Phi) is 3.89. The van der Waals surface area contributed by atoms with Crippen molar-refractivity contribution in [3.63, 3.8) is 0 Å². The fourth-order valence-electron chi connectivity index (χ4n) is 1.94. The molecule has 6 nitrogen and oxygen atoms in total. The second-order valence-electron chi connectivity index (χ2n) is 4.14. The first-order chi connectivity index (χ1) is 9.15. The quantitative estimate of drug-likeness (QED) is 0.889. The maximum absolute atomic E-state index is 5.35. The highest BCUT2D eigenvalue weighted by Gasteiger charge is 2.13. The molecule has 0 atom stereocenters. The number of aromatic nitrogens is 3. The van der Waals surface area contributed by atoms with Crippen LogP contribution in [0.3, 0.4) is 0 Å². The van der Waals surface area contributed by atoms with Crippen molar-refractivity contribution in [2.24, 2.45) is 7.05 Å². The molecule has 0 bridgehead atoms. The van der Waals surface area contributed by atoms with E-state index in [2.05, 4.69) is 15.4 Å². The van der Waals surface area contributed by atoms with E-state index in [0.29, 0.717) is 12.4 Å². The van der Waals surface area contributed by atoms with Crippen LogP contribution in [-0.4, -0.2) is 29.0 Å². The van der Waals surface area contributed by atoms with E-state index in [1.807, 2.05) is 26.1 Å². The second kappa shape index (κ2) is 5.60. The molecule has 0 amide bonds. The van der Waals surface area contributed by atoms with Gasteiger partial charge in [-0.15, -0.1) is 0 Å². The number of hydrogen-bond donors (Lipinski definition) is 1. The van der Waals surface area contributed by atoms with Crippen molar-refractivity contribution in [1.82, 2.24) is 14.8 Å². The molecule has 2 aromatic heterocycles. The Labute approximate surface area is 112 Å². The lowest BCUT2D eigenvalue weighted by atomic mass is 10.2. The van der Waals surface area contributed by atoms with Gasteiger partial charge in [-0.2, -0.15) is 5.10 Å². The first-order valence-corrected chi connectivity index (χ1v) is 5.96. The molecule has 0 radical (unpaired) electrons. The molecule has 2 rings (SSSR count). The third-order valence-corrected chi connectivity index (χ3v) is 2.90. The van der Waals surface area contributed by atoms with Crippen molar-refractivity contribution >= 4 is 5.69 Å². The van der Waals surface area contributed by atoms with Crippen molar-refractivity contribution < 1.29 is 9.47 Å². The van der Waals surface area contributed by atoms with E-state index in [-0.39, 0.29) is 0 Å². The molecule has 19 heavy (non-hydrogen) atoms. The molecule has 1 N–H and O–H groups in total. The highest BCUT2D eigenvalue weighted by atomic mass is 16.5. The molecule has 6 heteroatoms. The summed E-state index contributed by atoms with van der Waals surface area (Å²) in [4.78, 5) is 4.14. The lowest BCUT2D eigenvalue weighted by molar-refractivity contribution is 0.370. The second-order valence-corrected chi connectivity index (χ2v) is 4.14. The molecule has 2 heterocycles. The maximum atomic E-state index is 5.35. The number of pyridine rings is 1. The summed E-state index contributed by atoms with van der Waals surface area (Å²) in [5, 5.41) is 7.63. The Balaban J connectivity index is 2.09. The number of hydrogen-bond acceptors (Lipinski definition) is 5. The van der Waals surface area contributed by atoms with E-state index in [4.69, 9.17) is 9.47 Å². The number of ether oxygens (including phenoxy) is 2. The van der Waals surface area contributed by atoms with Crippen LogP contribution in [0.5, 0.6) is 11.8 Å². The average molecular weight is 262 g/mol. The predicted octanol–water partition coefficient (Wildman–Crippen LogP) is 1.75. The smallest absolute Gasteiger partial charge is 0.216 e. The van der Waals surface area contributed by atoms with Gasteiger partial charge >= 0.3 is 0 Å². The van der Waals surface area contributed by atoms with Gasteiger partial charge in [0.1, 0.15) is 0 Å². The first-order valence-electron chi connectivity index (χ1n) is 5.96. The molecule has 0 spiro atoms. The van der Waals surface area contributed by atoms with E-state index in [1.54, 1.807) is 25.1 Å². The molecule has 0 unspecified atom stereocenters. The monoisotopic (exact) mass is 262 g/mol. The van der Waals surface area contributed by atoms with Gasteiger partial charge in [0.2, 0.25) is 11.8 Å². The van der Waals surface area contributed by atoms with Gasteiger partial charge in [-0.3, -0.25) is 0 Å². The SMILES string of the molecule is COc1ccc(NCc2c(C)nn(C)c2OC)cn1. The molecule has 2 aromatic rings. The van der Waals surface area contributed by atoms with E-state index >= 15 is 0 Å². The van der Waals surface area contributed by atoms with Gasteiger partial charge in [0.25, 0.3) is 0 Å². The molecule has 0 aromatic carbocycles. The zero-order valence-electron chi connectivity index (χ0n) is 11.6. The lowest BCUT2D eigenvalue weighted by Crippen LogP contribution is -2.03. The van der Waals surface area contributed by atoms with Gasteiger partial charge in [-0.25, -0.2) is 9.67 Å². The molecule has 0 aliphatic heterocycles. The molecule has 0 fully saturated rings. The summed E-state index contributed by atoms with van der Waals surface area (Å²) in [5.41, 5.74) is 2.92. The molecule has 0 aliphatic carbocycles. The van der Waals surface area contributed by atoms with Crippen LogP contribution in [-0.2, 0) is 13.6 Å². The number of methoxy groups -OCH3 is 2.